The van der Waals surface area contributed by atoms with Gasteiger partial charge in [-0.1, -0.05) is 15.9 Å². The Hall–Kier alpha value is -0.570. The summed E-state index contributed by atoms with van der Waals surface area (Å²) in [6, 6.07) is 8.20. The summed E-state index contributed by atoms with van der Waals surface area (Å²) in [5, 5.41) is 0. The molecule has 1 aliphatic heterocycles. The van der Waals surface area contributed by atoms with Gasteiger partial charge in [0, 0.05) is 23.2 Å². The zero-order valence-electron chi connectivity index (χ0n) is 8.84. The van der Waals surface area contributed by atoms with E-state index in [1.165, 1.54) is 5.69 Å². The predicted molar refractivity (Wildman–Crippen MR) is 65.1 cm³/mol. The van der Waals surface area contributed by atoms with Crippen LogP contribution >= 0.6 is 15.9 Å². The average molecular weight is 272 g/mol. The molecule has 1 aliphatic rings. The third-order valence-electron chi connectivity index (χ3n) is 3.00. The quantitative estimate of drug-likeness (QED) is 0.752. The minimum absolute atomic E-state index is 0.628. The Labute approximate surface area is 98.4 Å². The lowest BCUT2D eigenvalue weighted by Gasteiger charge is -2.35. The molecular formula is C12H15BrFN. The molecule has 0 N–H and O–H groups in total. The second-order valence-corrected chi connectivity index (χ2v) is 5.29. The monoisotopic (exact) mass is 271 g/mol. The van der Waals surface area contributed by atoms with Crippen molar-refractivity contribution in [3.8, 4) is 0 Å². The highest BCUT2D eigenvalue weighted by molar-refractivity contribution is 9.10. The van der Waals surface area contributed by atoms with Crippen molar-refractivity contribution in [2.45, 2.75) is 25.4 Å². The number of hydrogen-bond donors (Lipinski definition) is 0. The Kier molecular flexibility index (Phi) is 3.01. The van der Waals surface area contributed by atoms with Gasteiger partial charge in [-0.15, -0.1) is 0 Å². The van der Waals surface area contributed by atoms with Crippen LogP contribution in [0, 0.1) is 0 Å². The van der Waals surface area contributed by atoms with Crippen LogP contribution in [0.25, 0.3) is 0 Å². The first-order valence-corrected chi connectivity index (χ1v) is 6.06. The fourth-order valence-corrected chi connectivity index (χ4v) is 2.15. The Morgan fingerprint density at radius 2 is 1.73 bits per heavy atom. The topological polar surface area (TPSA) is 3.24 Å². The summed E-state index contributed by atoms with van der Waals surface area (Å²) in [6.45, 7) is 3.33. The van der Waals surface area contributed by atoms with Gasteiger partial charge in [-0.2, -0.15) is 0 Å². The molecule has 0 amide bonds. The van der Waals surface area contributed by atoms with E-state index in [9.17, 15) is 4.39 Å². The van der Waals surface area contributed by atoms with E-state index in [1.807, 2.05) is 12.1 Å². The van der Waals surface area contributed by atoms with Crippen molar-refractivity contribution < 1.29 is 4.39 Å². The van der Waals surface area contributed by atoms with Gasteiger partial charge in [-0.3, -0.25) is 0 Å². The molecule has 2 rings (SSSR count). The van der Waals surface area contributed by atoms with Crippen LogP contribution in [0.4, 0.5) is 10.1 Å². The Morgan fingerprint density at radius 3 is 2.27 bits per heavy atom. The standard InChI is InChI=1S/C12H15BrFN/c1-12(14)6-8-15(9-7-12)11-4-2-10(13)3-5-11/h2-5H,6-9H2,1H3. The van der Waals surface area contributed by atoms with E-state index in [4.69, 9.17) is 0 Å². The zero-order chi connectivity index (χ0) is 10.9. The van der Waals surface area contributed by atoms with Crippen LogP contribution in [0.2, 0.25) is 0 Å². The molecule has 0 aliphatic carbocycles. The van der Waals surface area contributed by atoms with Gasteiger partial charge in [0.05, 0.1) is 0 Å². The first-order valence-electron chi connectivity index (χ1n) is 5.26. The van der Waals surface area contributed by atoms with Gasteiger partial charge < -0.3 is 4.90 Å². The van der Waals surface area contributed by atoms with Crippen molar-refractivity contribution in [3.63, 3.8) is 0 Å². The molecule has 1 aromatic rings. The lowest BCUT2D eigenvalue weighted by atomic mass is 9.95. The van der Waals surface area contributed by atoms with Crippen LogP contribution in [0.3, 0.4) is 0 Å². The van der Waals surface area contributed by atoms with Gasteiger partial charge in [-0.25, -0.2) is 4.39 Å². The lowest BCUT2D eigenvalue weighted by molar-refractivity contribution is 0.149. The van der Waals surface area contributed by atoms with Crippen molar-refractivity contribution in [2.75, 3.05) is 18.0 Å². The average Bonchev–Trinajstić information content (AvgIpc) is 2.20. The Balaban J connectivity index is 2.04. The Morgan fingerprint density at radius 1 is 1.20 bits per heavy atom. The van der Waals surface area contributed by atoms with Gasteiger partial charge in [0.25, 0.3) is 0 Å². The number of piperidine rings is 1. The van der Waals surface area contributed by atoms with Gasteiger partial charge in [0.2, 0.25) is 0 Å². The zero-order valence-corrected chi connectivity index (χ0v) is 10.4. The summed E-state index contributed by atoms with van der Waals surface area (Å²) < 4.78 is 14.7. The van der Waals surface area contributed by atoms with E-state index in [1.54, 1.807) is 6.92 Å². The minimum Gasteiger partial charge on any atom is -0.371 e. The molecule has 0 atom stereocenters. The molecular weight excluding hydrogens is 257 g/mol. The number of rotatable bonds is 1. The van der Waals surface area contributed by atoms with Crippen molar-refractivity contribution in [2.24, 2.45) is 0 Å². The maximum Gasteiger partial charge on any atom is 0.111 e. The van der Waals surface area contributed by atoms with Crippen LogP contribution in [-0.4, -0.2) is 18.8 Å². The fraction of sp³-hybridized carbons (Fsp3) is 0.500. The molecule has 82 valence electrons. The number of halogens is 2. The predicted octanol–water partition coefficient (Wildman–Crippen LogP) is 3.78. The molecule has 0 saturated carbocycles. The molecule has 0 unspecified atom stereocenters. The largest absolute Gasteiger partial charge is 0.371 e. The molecule has 1 nitrogen and oxygen atoms in total. The normalized spacial score (nSPS) is 20.3. The van der Waals surface area contributed by atoms with Crippen molar-refractivity contribution in [1.29, 1.82) is 0 Å². The lowest BCUT2D eigenvalue weighted by Crippen LogP contribution is -2.40. The molecule has 3 heteroatoms. The van der Waals surface area contributed by atoms with Crippen LogP contribution in [0.5, 0.6) is 0 Å². The maximum absolute atomic E-state index is 13.6. The molecule has 0 bridgehead atoms. The summed E-state index contributed by atoms with van der Waals surface area (Å²) in [5.74, 6) is 0. The van der Waals surface area contributed by atoms with E-state index >= 15 is 0 Å². The van der Waals surface area contributed by atoms with Crippen molar-refractivity contribution in [1.82, 2.24) is 0 Å². The number of benzene rings is 1. The van der Waals surface area contributed by atoms with Crippen LogP contribution in [0.1, 0.15) is 19.8 Å². The minimum atomic E-state index is -0.966. The first-order chi connectivity index (χ1) is 7.07. The molecule has 1 fully saturated rings. The molecule has 0 radical (unpaired) electrons. The van der Waals surface area contributed by atoms with Crippen LogP contribution in [-0.2, 0) is 0 Å². The van der Waals surface area contributed by atoms with Gasteiger partial charge >= 0.3 is 0 Å². The van der Waals surface area contributed by atoms with Gasteiger partial charge in [0.15, 0.2) is 0 Å². The third-order valence-corrected chi connectivity index (χ3v) is 3.53. The molecule has 1 heterocycles. The van der Waals surface area contributed by atoms with Crippen LogP contribution in [0.15, 0.2) is 28.7 Å². The van der Waals surface area contributed by atoms with Gasteiger partial charge in [0.1, 0.15) is 5.67 Å². The van der Waals surface area contributed by atoms with E-state index in [-0.39, 0.29) is 0 Å². The van der Waals surface area contributed by atoms with Crippen molar-refractivity contribution >= 4 is 21.6 Å². The number of nitrogens with zero attached hydrogens (tertiary/aromatic N) is 1. The third kappa shape index (κ3) is 2.71. The summed E-state index contributed by atoms with van der Waals surface area (Å²) in [4.78, 5) is 2.24. The maximum atomic E-state index is 13.6. The highest BCUT2D eigenvalue weighted by Crippen LogP contribution is 2.29. The van der Waals surface area contributed by atoms with E-state index in [0.717, 1.165) is 17.6 Å². The number of anilines is 1. The molecule has 15 heavy (non-hydrogen) atoms. The highest BCUT2D eigenvalue weighted by Gasteiger charge is 2.29. The summed E-state index contributed by atoms with van der Waals surface area (Å²) >= 11 is 3.41. The highest BCUT2D eigenvalue weighted by atomic mass is 79.9. The second kappa shape index (κ2) is 4.12. The van der Waals surface area contributed by atoms with Crippen molar-refractivity contribution in [3.05, 3.63) is 28.7 Å². The summed E-state index contributed by atoms with van der Waals surface area (Å²) in [7, 11) is 0. The van der Waals surface area contributed by atoms with Crippen LogP contribution < -0.4 is 4.90 Å². The number of alkyl halides is 1. The smallest absolute Gasteiger partial charge is 0.111 e. The first kappa shape index (κ1) is 10.9. The summed E-state index contributed by atoms with van der Waals surface area (Å²) in [5.41, 5.74) is 0.222. The SMILES string of the molecule is CC1(F)CCN(c2ccc(Br)cc2)CC1. The fourth-order valence-electron chi connectivity index (χ4n) is 1.88. The molecule has 1 saturated heterocycles. The molecule has 0 aromatic heterocycles. The second-order valence-electron chi connectivity index (χ2n) is 4.38. The molecule has 1 aromatic carbocycles. The number of hydrogen-bond acceptors (Lipinski definition) is 1. The van der Waals surface area contributed by atoms with E-state index in [2.05, 4.69) is 33.0 Å². The van der Waals surface area contributed by atoms with E-state index in [0.29, 0.717) is 12.8 Å². The van der Waals surface area contributed by atoms with Gasteiger partial charge in [-0.05, 0) is 44.0 Å². The Bertz CT molecular complexity index is 324. The summed E-state index contributed by atoms with van der Waals surface area (Å²) in [6.07, 6.45) is 1.26. The molecule has 0 spiro atoms. The van der Waals surface area contributed by atoms with E-state index < -0.39 is 5.67 Å².